The summed E-state index contributed by atoms with van der Waals surface area (Å²) in [5, 5.41) is 3.22. The second-order valence-corrected chi connectivity index (χ2v) is 4.08. The number of hydrogen-bond donors (Lipinski definition) is 1. The topological polar surface area (TPSA) is 38.3 Å². The van der Waals surface area contributed by atoms with Crippen molar-refractivity contribution in [2.45, 2.75) is 25.7 Å². The number of ketones is 1. The Balaban J connectivity index is 1.49. The standard InChI is InChI=1S/C11H17NO2/c13-11-4-3-10(7-11)12-5-6-14-8-9-1-2-9/h7,9,12H,1-6,8H2. The van der Waals surface area contributed by atoms with Gasteiger partial charge in [-0.2, -0.15) is 0 Å². The van der Waals surface area contributed by atoms with E-state index in [9.17, 15) is 4.79 Å². The summed E-state index contributed by atoms with van der Waals surface area (Å²) >= 11 is 0. The molecule has 0 atom stereocenters. The molecule has 0 aromatic rings. The molecule has 0 unspecified atom stereocenters. The number of carbonyl (C=O) groups excluding carboxylic acids is 1. The highest BCUT2D eigenvalue weighted by molar-refractivity contribution is 5.92. The minimum atomic E-state index is 0.242. The molecule has 3 heteroatoms. The zero-order valence-electron chi connectivity index (χ0n) is 8.42. The molecule has 14 heavy (non-hydrogen) atoms. The van der Waals surface area contributed by atoms with E-state index in [-0.39, 0.29) is 5.78 Å². The summed E-state index contributed by atoms with van der Waals surface area (Å²) in [7, 11) is 0. The fourth-order valence-corrected chi connectivity index (χ4v) is 1.55. The third-order valence-electron chi connectivity index (χ3n) is 2.62. The van der Waals surface area contributed by atoms with E-state index in [0.717, 1.165) is 37.8 Å². The van der Waals surface area contributed by atoms with Crippen LogP contribution in [0.4, 0.5) is 0 Å². The summed E-state index contributed by atoms with van der Waals surface area (Å²) in [5.74, 6) is 1.08. The largest absolute Gasteiger partial charge is 0.386 e. The minimum Gasteiger partial charge on any atom is -0.386 e. The van der Waals surface area contributed by atoms with Crippen molar-refractivity contribution in [3.63, 3.8) is 0 Å². The quantitative estimate of drug-likeness (QED) is 0.648. The molecule has 0 spiro atoms. The van der Waals surface area contributed by atoms with Gasteiger partial charge < -0.3 is 10.1 Å². The highest BCUT2D eigenvalue weighted by Crippen LogP contribution is 2.28. The van der Waals surface area contributed by atoms with Crippen molar-refractivity contribution < 1.29 is 9.53 Å². The zero-order valence-corrected chi connectivity index (χ0v) is 8.42. The van der Waals surface area contributed by atoms with Gasteiger partial charge in [-0.3, -0.25) is 4.79 Å². The average molecular weight is 195 g/mol. The lowest BCUT2D eigenvalue weighted by molar-refractivity contribution is -0.114. The lowest BCUT2D eigenvalue weighted by atomic mass is 10.3. The van der Waals surface area contributed by atoms with Crippen molar-refractivity contribution in [3.05, 3.63) is 11.8 Å². The van der Waals surface area contributed by atoms with E-state index < -0.39 is 0 Å². The molecule has 1 saturated carbocycles. The Hall–Kier alpha value is -0.830. The van der Waals surface area contributed by atoms with Crippen LogP contribution in [0, 0.1) is 5.92 Å². The van der Waals surface area contributed by atoms with Gasteiger partial charge in [-0.05, 0) is 25.2 Å². The van der Waals surface area contributed by atoms with Gasteiger partial charge in [0, 0.05) is 31.3 Å². The Kier molecular flexibility index (Phi) is 3.19. The van der Waals surface area contributed by atoms with Gasteiger partial charge in [0.1, 0.15) is 0 Å². The van der Waals surface area contributed by atoms with Crippen LogP contribution in [0.5, 0.6) is 0 Å². The molecule has 2 aliphatic rings. The first-order valence-electron chi connectivity index (χ1n) is 5.39. The predicted octanol–water partition coefficient (Wildman–Crippen LogP) is 1.25. The monoisotopic (exact) mass is 195 g/mol. The van der Waals surface area contributed by atoms with Crippen LogP contribution in [0.3, 0.4) is 0 Å². The van der Waals surface area contributed by atoms with Crippen LogP contribution in [-0.2, 0) is 9.53 Å². The van der Waals surface area contributed by atoms with E-state index in [1.807, 2.05) is 0 Å². The number of carbonyl (C=O) groups is 1. The maximum Gasteiger partial charge on any atom is 0.157 e. The van der Waals surface area contributed by atoms with Crippen LogP contribution in [0.1, 0.15) is 25.7 Å². The molecule has 0 saturated heterocycles. The second-order valence-electron chi connectivity index (χ2n) is 4.08. The summed E-state index contributed by atoms with van der Waals surface area (Å²) in [6.07, 6.45) is 5.94. The molecule has 0 aromatic heterocycles. The maximum atomic E-state index is 10.9. The molecule has 0 aromatic carbocycles. The van der Waals surface area contributed by atoms with Gasteiger partial charge >= 0.3 is 0 Å². The highest BCUT2D eigenvalue weighted by atomic mass is 16.5. The van der Waals surface area contributed by atoms with Crippen molar-refractivity contribution in [2.24, 2.45) is 5.92 Å². The number of ether oxygens (including phenoxy) is 1. The fourth-order valence-electron chi connectivity index (χ4n) is 1.55. The molecule has 0 heterocycles. The lowest BCUT2D eigenvalue weighted by Gasteiger charge is -2.06. The van der Waals surface area contributed by atoms with Gasteiger partial charge in [0.25, 0.3) is 0 Å². The van der Waals surface area contributed by atoms with Crippen molar-refractivity contribution in [2.75, 3.05) is 19.8 Å². The van der Waals surface area contributed by atoms with Crippen molar-refractivity contribution >= 4 is 5.78 Å². The third kappa shape index (κ3) is 3.14. The van der Waals surface area contributed by atoms with Crippen LogP contribution in [0.25, 0.3) is 0 Å². The van der Waals surface area contributed by atoms with Crippen LogP contribution in [0.15, 0.2) is 11.8 Å². The zero-order chi connectivity index (χ0) is 9.80. The van der Waals surface area contributed by atoms with E-state index >= 15 is 0 Å². The van der Waals surface area contributed by atoms with Gasteiger partial charge in [0.15, 0.2) is 5.78 Å². The molecule has 0 amide bonds. The molecule has 2 aliphatic carbocycles. The first kappa shape index (κ1) is 9.71. The van der Waals surface area contributed by atoms with Crippen LogP contribution in [-0.4, -0.2) is 25.5 Å². The van der Waals surface area contributed by atoms with Crippen LogP contribution in [0.2, 0.25) is 0 Å². The Labute approximate surface area is 84.5 Å². The highest BCUT2D eigenvalue weighted by Gasteiger charge is 2.20. The minimum absolute atomic E-state index is 0.242. The lowest BCUT2D eigenvalue weighted by Crippen LogP contribution is -2.18. The average Bonchev–Trinajstić information content (AvgIpc) is 2.89. The smallest absolute Gasteiger partial charge is 0.157 e. The number of hydrogen-bond acceptors (Lipinski definition) is 3. The summed E-state index contributed by atoms with van der Waals surface area (Å²) in [6.45, 7) is 2.49. The molecule has 3 nitrogen and oxygen atoms in total. The predicted molar refractivity (Wildman–Crippen MR) is 53.9 cm³/mol. The first-order chi connectivity index (χ1) is 6.84. The summed E-state index contributed by atoms with van der Waals surface area (Å²) < 4.78 is 5.47. The van der Waals surface area contributed by atoms with Crippen molar-refractivity contribution in [1.29, 1.82) is 0 Å². The van der Waals surface area contributed by atoms with Crippen molar-refractivity contribution in [1.82, 2.24) is 5.32 Å². The molecule has 1 fully saturated rings. The third-order valence-corrected chi connectivity index (χ3v) is 2.62. The van der Waals surface area contributed by atoms with Crippen molar-refractivity contribution in [3.8, 4) is 0 Å². The second kappa shape index (κ2) is 4.60. The number of allylic oxidation sites excluding steroid dienone is 2. The number of rotatable bonds is 6. The maximum absolute atomic E-state index is 10.9. The van der Waals surface area contributed by atoms with E-state index in [2.05, 4.69) is 5.32 Å². The number of nitrogens with one attached hydrogen (secondary N) is 1. The molecular formula is C11H17NO2. The molecule has 2 rings (SSSR count). The van der Waals surface area contributed by atoms with Crippen LogP contribution >= 0.6 is 0 Å². The molecule has 0 radical (unpaired) electrons. The summed E-state index contributed by atoms with van der Waals surface area (Å²) in [5.41, 5.74) is 1.07. The Bertz CT molecular complexity index is 244. The van der Waals surface area contributed by atoms with Gasteiger partial charge in [0.05, 0.1) is 6.61 Å². The fraction of sp³-hybridized carbons (Fsp3) is 0.727. The van der Waals surface area contributed by atoms with Gasteiger partial charge in [-0.15, -0.1) is 0 Å². The molecule has 1 N–H and O–H groups in total. The Morgan fingerprint density at radius 3 is 2.93 bits per heavy atom. The molecule has 0 aliphatic heterocycles. The SMILES string of the molecule is O=C1C=C(NCCOCC2CC2)CC1. The summed E-state index contributed by atoms with van der Waals surface area (Å²) in [4.78, 5) is 10.9. The molecular weight excluding hydrogens is 178 g/mol. The molecule has 78 valence electrons. The Morgan fingerprint density at radius 2 is 2.29 bits per heavy atom. The van der Waals surface area contributed by atoms with E-state index in [0.29, 0.717) is 6.42 Å². The van der Waals surface area contributed by atoms with Gasteiger partial charge in [-0.1, -0.05) is 0 Å². The normalized spacial score (nSPS) is 21.1. The van der Waals surface area contributed by atoms with E-state index in [1.54, 1.807) is 6.08 Å². The van der Waals surface area contributed by atoms with Crippen LogP contribution < -0.4 is 5.32 Å². The van der Waals surface area contributed by atoms with Gasteiger partial charge in [-0.25, -0.2) is 0 Å². The van der Waals surface area contributed by atoms with Gasteiger partial charge in [0.2, 0.25) is 0 Å². The first-order valence-corrected chi connectivity index (χ1v) is 5.39. The molecule has 0 bridgehead atoms. The Morgan fingerprint density at radius 1 is 1.43 bits per heavy atom. The van der Waals surface area contributed by atoms with E-state index in [1.165, 1.54) is 12.8 Å². The van der Waals surface area contributed by atoms with E-state index in [4.69, 9.17) is 4.74 Å². The summed E-state index contributed by atoms with van der Waals surface area (Å²) in [6, 6.07) is 0.